The van der Waals surface area contributed by atoms with Gasteiger partial charge in [0.1, 0.15) is 11.5 Å². The van der Waals surface area contributed by atoms with E-state index in [0.717, 1.165) is 18.3 Å². The van der Waals surface area contributed by atoms with E-state index in [4.69, 9.17) is 23.2 Å². The summed E-state index contributed by atoms with van der Waals surface area (Å²) in [7, 11) is 0. The molecule has 1 amide bonds. The Hall–Kier alpha value is -2.73. The minimum Gasteiger partial charge on any atom is -0.481 e. The van der Waals surface area contributed by atoms with Crippen molar-refractivity contribution in [3.63, 3.8) is 0 Å². The normalized spacial score (nSPS) is 22.4. The van der Waals surface area contributed by atoms with Gasteiger partial charge >= 0.3 is 12.1 Å². The fourth-order valence-electron chi connectivity index (χ4n) is 4.84. The Balaban J connectivity index is 1.66. The molecule has 1 aromatic heterocycles. The van der Waals surface area contributed by atoms with E-state index in [2.05, 4.69) is 5.10 Å². The Morgan fingerprint density at radius 2 is 1.69 bits per heavy atom. The number of carbonyl (C=O) groups excluding carboxylic acids is 2. The number of benzene rings is 1. The highest BCUT2D eigenvalue weighted by Gasteiger charge is 2.48. The van der Waals surface area contributed by atoms with Crippen LogP contribution in [0.5, 0.6) is 0 Å². The fraction of sp³-hybridized carbons (Fsp3) is 0.520. The van der Waals surface area contributed by atoms with E-state index in [1.54, 1.807) is 0 Å². The van der Waals surface area contributed by atoms with Crippen molar-refractivity contribution >= 4 is 40.9 Å². The highest BCUT2D eigenvalue weighted by atomic mass is 35.5. The van der Waals surface area contributed by atoms with Gasteiger partial charge in [0.2, 0.25) is 0 Å². The van der Waals surface area contributed by atoms with Crippen molar-refractivity contribution in [3.05, 3.63) is 51.0 Å². The number of rotatable bonds is 8. The first kappa shape index (κ1) is 29.3. The van der Waals surface area contributed by atoms with Gasteiger partial charge in [0.15, 0.2) is 11.5 Å². The van der Waals surface area contributed by atoms with Gasteiger partial charge in [-0.05, 0) is 57.6 Å². The Bertz CT molecular complexity index is 1290. The second-order valence-electron chi connectivity index (χ2n) is 10.4. The molecule has 2 aromatic rings. The summed E-state index contributed by atoms with van der Waals surface area (Å²) in [4.78, 5) is 38.6. The van der Waals surface area contributed by atoms with E-state index < -0.39 is 71.1 Å². The summed E-state index contributed by atoms with van der Waals surface area (Å²) in [5.41, 5.74) is -5.54. The second kappa shape index (κ2) is 10.3. The fourth-order valence-corrected chi connectivity index (χ4v) is 5.51. The first-order valence-electron chi connectivity index (χ1n) is 12.1. The number of amides is 1. The lowest BCUT2D eigenvalue weighted by molar-refractivity contribution is -0.152. The van der Waals surface area contributed by atoms with Crippen molar-refractivity contribution in [1.82, 2.24) is 14.7 Å². The van der Waals surface area contributed by atoms with E-state index in [1.807, 2.05) is 0 Å². The van der Waals surface area contributed by atoms with Crippen LogP contribution in [0.1, 0.15) is 77.9 Å². The molecule has 4 rings (SSSR count). The van der Waals surface area contributed by atoms with Crippen LogP contribution in [0.15, 0.2) is 18.3 Å². The van der Waals surface area contributed by atoms with Crippen LogP contribution in [0, 0.1) is 11.2 Å². The summed E-state index contributed by atoms with van der Waals surface area (Å²) >= 11 is 11.9. The molecule has 7 nitrogen and oxygen atoms in total. The number of carboxylic acid groups (broad SMARTS) is 1. The van der Waals surface area contributed by atoms with Gasteiger partial charge in [-0.1, -0.05) is 23.2 Å². The molecular weight excluding hydrogens is 572 g/mol. The Morgan fingerprint density at radius 3 is 2.18 bits per heavy atom. The monoisotopic (exact) mass is 595 g/mol. The lowest BCUT2D eigenvalue weighted by Crippen LogP contribution is -2.41. The number of nitrogens with zero attached hydrogens (tertiary/aromatic N) is 3. The van der Waals surface area contributed by atoms with E-state index in [1.165, 1.54) is 6.92 Å². The van der Waals surface area contributed by atoms with Crippen LogP contribution in [0.2, 0.25) is 10.0 Å². The molecule has 2 aliphatic carbocycles. The van der Waals surface area contributed by atoms with Gasteiger partial charge in [-0.25, -0.2) is 8.78 Å². The number of alkyl halides is 4. The van der Waals surface area contributed by atoms with Crippen molar-refractivity contribution in [1.29, 1.82) is 0 Å². The molecule has 39 heavy (non-hydrogen) atoms. The van der Waals surface area contributed by atoms with Crippen LogP contribution in [0.3, 0.4) is 0 Å². The van der Waals surface area contributed by atoms with E-state index in [9.17, 15) is 41.4 Å². The van der Waals surface area contributed by atoms with Gasteiger partial charge in [0.05, 0.1) is 51.9 Å². The molecule has 1 N–H and O–H groups in total. The number of halogens is 7. The van der Waals surface area contributed by atoms with Crippen LogP contribution in [-0.4, -0.2) is 56.2 Å². The molecule has 14 heteroatoms. The maximum Gasteiger partial charge on any atom is 0.433 e. The van der Waals surface area contributed by atoms with Gasteiger partial charge in [0, 0.05) is 0 Å². The first-order valence-corrected chi connectivity index (χ1v) is 12.8. The Kier molecular flexibility index (Phi) is 7.76. The minimum absolute atomic E-state index is 0.0544. The Labute approximate surface area is 229 Å². The molecule has 0 saturated heterocycles. The molecular formula is C25H24Cl2F5N3O4. The summed E-state index contributed by atoms with van der Waals surface area (Å²) in [5.74, 6) is -4.06. The van der Waals surface area contributed by atoms with Gasteiger partial charge in [-0.2, -0.15) is 18.3 Å². The van der Waals surface area contributed by atoms with E-state index in [0.29, 0.717) is 9.58 Å². The summed E-state index contributed by atoms with van der Waals surface area (Å²) < 4.78 is 71.9. The maximum absolute atomic E-state index is 14.8. The van der Waals surface area contributed by atoms with Crippen LogP contribution in [-0.2, 0) is 11.0 Å². The number of hydrogen-bond donors (Lipinski definition) is 1. The zero-order valence-electron chi connectivity index (χ0n) is 20.6. The molecule has 212 valence electrons. The summed E-state index contributed by atoms with van der Waals surface area (Å²) in [6, 6.07) is 0.809. The predicted molar refractivity (Wildman–Crippen MR) is 130 cm³/mol. The largest absolute Gasteiger partial charge is 0.481 e. The van der Waals surface area contributed by atoms with Crippen LogP contribution >= 0.6 is 23.2 Å². The van der Waals surface area contributed by atoms with E-state index in [-0.39, 0.29) is 54.1 Å². The van der Waals surface area contributed by atoms with Crippen molar-refractivity contribution in [2.75, 3.05) is 13.1 Å². The maximum atomic E-state index is 14.8. The standard InChI is InChI=1S/C25H24Cl2F5N3O4/c1-23(22(38)39)4-2-14(3-5-23)35-20(25(30,31)32)15(10-33-35)21(37)34(12-24(29)6-7-24)11-18(36)19-16(26)8-13(28)9-17(19)27/h8-10,14H,2-7,11-12H2,1H3,(H,38,39)/t14-,23-. The molecule has 0 radical (unpaired) electrons. The summed E-state index contributed by atoms with van der Waals surface area (Å²) in [6.45, 7) is 0.00277. The molecule has 2 aliphatic rings. The van der Waals surface area contributed by atoms with Crippen molar-refractivity contribution < 1.29 is 41.4 Å². The number of ketones is 1. The average Bonchev–Trinajstić information content (AvgIpc) is 3.36. The highest BCUT2D eigenvalue weighted by Crippen LogP contribution is 2.44. The second-order valence-corrected chi connectivity index (χ2v) is 11.2. The van der Waals surface area contributed by atoms with Crippen molar-refractivity contribution in [2.45, 2.75) is 63.3 Å². The highest BCUT2D eigenvalue weighted by molar-refractivity contribution is 6.40. The number of carboxylic acids is 1. The van der Waals surface area contributed by atoms with E-state index >= 15 is 0 Å². The number of aromatic nitrogens is 2. The number of hydrogen-bond acceptors (Lipinski definition) is 4. The van der Waals surface area contributed by atoms with Gasteiger partial charge in [-0.15, -0.1) is 0 Å². The van der Waals surface area contributed by atoms with Crippen LogP contribution in [0.25, 0.3) is 0 Å². The lowest BCUT2D eigenvalue weighted by atomic mass is 9.74. The molecule has 0 atom stereocenters. The third kappa shape index (κ3) is 6.06. The van der Waals surface area contributed by atoms with Crippen molar-refractivity contribution in [2.24, 2.45) is 5.41 Å². The summed E-state index contributed by atoms with van der Waals surface area (Å²) in [5, 5.41) is 12.5. The minimum atomic E-state index is -5.04. The molecule has 2 saturated carbocycles. The molecule has 2 fully saturated rings. The summed E-state index contributed by atoms with van der Waals surface area (Å²) in [6.07, 6.45) is -3.82. The predicted octanol–water partition coefficient (Wildman–Crippen LogP) is 6.38. The van der Waals surface area contributed by atoms with Crippen molar-refractivity contribution in [3.8, 4) is 0 Å². The van der Waals surface area contributed by atoms with Crippen LogP contribution < -0.4 is 0 Å². The molecule has 1 heterocycles. The molecule has 0 unspecified atom stereocenters. The van der Waals surface area contributed by atoms with Gasteiger partial charge in [0.25, 0.3) is 5.91 Å². The third-order valence-electron chi connectivity index (χ3n) is 7.39. The number of Topliss-reactive ketones (excluding diaryl/α,β-unsaturated/α-hetero) is 1. The molecule has 0 spiro atoms. The number of carbonyl (C=O) groups is 3. The lowest BCUT2D eigenvalue weighted by Gasteiger charge is -2.34. The number of aliphatic carboxylic acids is 1. The van der Waals surface area contributed by atoms with Gasteiger partial charge in [-0.3, -0.25) is 19.1 Å². The zero-order chi connectivity index (χ0) is 28.9. The first-order chi connectivity index (χ1) is 18.0. The van der Waals surface area contributed by atoms with Crippen LogP contribution in [0.4, 0.5) is 22.0 Å². The Morgan fingerprint density at radius 1 is 1.13 bits per heavy atom. The smallest absolute Gasteiger partial charge is 0.433 e. The molecule has 1 aromatic carbocycles. The zero-order valence-corrected chi connectivity index (χ0v) is 22.1. The average molecular weight is 596 g/mol. The topological polar surface area (TPSA) is 92.5 Å². The molecule has 0 bridgehead atoms. The molecule has 0 aliphatic heterocycles. The quantitative estimate of drug-likeness (QED) is 0.282. The third-order valence-corrected chi connectivity index (χ3v) is 7.99. The van der Waals surface area contributed by atoms with Gasteiger partial charge < -0.3 is 10.0 Å². The SMILES string of the molecule is C[C@]1(C(=O)O)CC[C@H](n2ncc(C(=O)N(CC(=O)c3c(Cl)cc(F)cc3Cl)CC3(F)CC3)c2C(F)(F)F)CC1.